The third-order valence-electron chi connectivity index (χ3n) is 2.12. The van der Waals surface area contributed by atoms with Gasteiger partial charge in [-0.25, -0.2) is 0 Å². The Kier molecular flexibility index (Phi) is 2.59. The van der Waals surface area contributed by atoms with Crippen LogP contribution in [0.15, 0.2) is 18.2 Å². The van der Waals surface area contributed by atoms with Crippen molar-refractivity contribution in [3.05, 3.63) is 30.4 Å². The summed E-state index contributed by atoms with van der Waals surface area (Å²) in [6, 6.07) is 5.52. The summed E-state index contributed by atoms with van der Waals surface area (Å²) >= 11 is 5.51. The van der Waals surface area contributed by atoms with Crippen molar-refractivity contribution in [2.24, 2.45) is 0 Å². The SMILES string of the molecule is O=C(CCCl)c1ccc2c(c1)N[CH]N2. The average Bonchev–Trinajstić information content (AvgIpc) is 2.64. The molecule has 0 spiro atoms. The van der Waals surface area contributed by atoms with E-state index in [1.807, 2.05) is 18.2 Å². The molecule has 0 amide bonds. The molecule has 2 N–H and O–H groups in total. The number of hydrogen-bond acceptors (Lipinski definition) is 3. The fourth-order valence-electron chi connectivity index (χ4n) is 1.38. The number of carbonyl (C=O) groups excluding carboxylic acids is 1. The van der Waals surface area contributed by atoms with E-state index < -0.39 is 0 Å². The van der Waals surface area contributed by atoms with Crippen LogP contribution in [0.5, 0.6) is 0 Å². The first-order valence-corrected chi connectivity index (χ1v) is 4.92. The van der Waals surface area contributed by atoms with Gasteiger partial charge in [0.1, 0.15) is 6.67 Å². The smallest absolute Gasteiger partial charge is 0.164 e. The second kappa shape index (κ2) is 3.88. The van der Waals surface area contributed by atoms with Crippen LogP contribution in [0.25, 0.3) is 0 Å². The zero-order valence-corrected chi connectivity index (χ0v) is 8.27. The minimum atomic E-state index is 0.0801. The van der Waals surface area contributed by atoms with Crippen LogP contribution < -0.4 is 10.6 Å². The molecule has 0 unspecified atom stereocenters. The zero-order valence-electron chi connectivity index (χ0n) is 7.51. The minimum absolute atomic E-state index is 0.0801. The van der Waals surface area contributed by atoms with Crippen LogP contribution in [0.4, 0.5) is 11.4 Å². The highest BCUT2D eigenvalue weighted by Crippen LogP contribution is 2.28. The van der Waals surface area contributed by atoms with Crippen LogP contribution >= 0.6 is 11.6 Å². The molecule has 0 fully saturated rings. The van der Waals surface area contributed by atoms with Gasteiger partial charge in [0.2, 0.25) is 0 Å². The van der Waals surface area contributed by atoms with Crippen LogP contribution in [0.2, 0.25) is 0 Å². The summed E-state index contributed by atoms with van der Waals surface area (Å²) in [5.74, 6) is 0.449. The molecule has 0 bridgehead atoms. The first kappa shape index (κ1) is 9.34. The maximum Gasteiger partial charge on any atom is 0.164 e. The Morgan fingerprint density at radius 1 is 1.29 bits per heavy atom. The molecule has 0 atom stereocenters. The molecule has 4 heteroatoms. The molecular weight excluding hydrogens is 200 g/mol. The van der Waals surface area contributed by atoms with Crippen LogP contribution in [-0.4, -0.2) is 11.7 Å². The molecule has 0 saturated heterocycles. The molecular formula is C10H10ClN2O. The monoisotopic (exact) mass is 209 g/mol. The zero-order chi connectivity index (χ0) is 9.97. The van der Waals surface area contributed by atoms with Gasteiger partial charge in [0.05, 0.1) is 11.4 Å². The summed E-state index contributed by atoms with van der Waals surface area (Å²) in [6.45, 7) is 1.74. The Morgan fingerprint density at radius 2 is 2.07 bits per heavy atom. The lowest BCUT2D eigenvalue weighted by Crippen LogP contribution is -1.99. The van der Waals surface area contributed by atoms with Gasteiger partial charge >= 0.3 is 0 Å². The lowest BCUT2D eigenvalue weighted by molar-refractivity contribution is 0.0989. The van der Waals surface area contributed by atoms with Gasteiger partial charge in [0, 0.05) is 17.9 Å². The number of alkyl halides is 1. The molecule has 1 heterocycles. The van der Waals surface area contributed by atoms with Crippen molar-refractivity contribution >= 4 is 28.8 Å². The van der Waals surface area contributed by atoms with Crippen molar-refractivity contribution in [1.29, 1.82) is 0 Å². The molecule has 0 aromatic heterocycles. The first-order chi connectivity index (χ1) is 6.81. The lowest BCUT2D eigenvalue weighted by Gasteiger charge is -2.02. The van der Waals surface area contributed by atoms with Crippen molar-refractivity contribution in [2.45, 2.75) is 6.42 Å². The van der Waals surface area contributed by atoms with E-state index in [2.05, 4.69) is 10.6 Å². The van der Waals surface area contributed by atoms with E-state index in [1.54, 1.807) is 6.67 Å². The van der Waals surface area contributed by atoms with E-state index in [9.17, 15) is 4.79 Å². The Hall–Kier alpha value is -1.22. The highest BCUT2D eigenvalue weighted by molar-refractivity contribution is 6.19. The number of halogens is 1. The third-order valence-corrected chi connectivity index (χ3v) is 2.31. The van der Waals surface area contributed by atoms with Crippen molar-refractivity contribution in [1.82, 2.24) is 0 Å². The average molecular weight is 210 g/mol. The molecule has 0 aliphatic carbocycles. The van der Waals surface area contributed by atoms with Crippen molar-refractivity contribution in [3.8, 4) is 0 Å². The fourth-order valence-corrected chi connectivity index (χ4v) is 1.56. The Morgan fingerprint density at radius 3 is 2.86 bits per heavy atom. The second-order valence-electron chi connectivity index (χ2n) is 3.06. The predicted octanol–water partition coefficient (Wildman–Crippen LogP) is 2.45. The van der Waals surface area contributed by atoms with Crippen LogP contribution in [0, 0.1) is 6.67 Å². The number of ketones is 1. The van der Waals surface area contributed by atoms with E-state index >= 15 is 0 Å². The first-order valence-electron chi connectivity index (χ1n) is 4.39. The van der Waals surface area contributed by atoms with Gasteiger partial charge in [-0.15, -0.1) is 11.6 Å². The van der Waals surface area contributed by atoms with Crippen molar-refractivity contribution < 1.29 is 4.79 Å². The number of rotatable bonds is 3. The quantitative estimate of drug-likeness (QED) is 0.594. The molecule has 1 aromatic rings. The molecule has 1 aromatic carbocycles. The highest BCUT2D eigenvalue weighted by Gasteiger charge is 2.12. The lowest BCUT2D eigenvalue weighted by atomic mass is 10.1. The Bertz CT molecular complexity index is 365. The molecule has 1 aliphatic rings. The van der Waals surface area contributed by atoms with Gasteiger partial charge in [0.25, 0.3) is 0 Å². The van der Waals surface area contributed by atoms with Crippen molar-refractivity contribution in [2.75, 3.05) is 16.5 Å². The topological polar surface area (TPSA) is 41.1 Å². The number of hydrogen-bond donors (Lipinski definition) is 2. The molecule has 14 heavy (non-hydrogen) atoms. The summed E-state index contributed by atoms with van der Waals surface area (Å²) in [5.41, 5.74) is 2.63. The summed E-state index contributed by atoms with van der Waals surface area (Å²) < 4.78 is 0. The van der Waals surface area contributed by atoms with Gasteiger partial charge < -0.3 is 10.6 Å². The number of Topliss-reactive ketones (excluding diaryl/α,β-unsaturated/α-hetero) is 1. The van der Waals surface area contributed by atoms with Crippen molar-refractivity contribution in [3.63, 3.8) is 0 Å². The van der Waals surface area contributed by atoms with E-state index in [0.29, 0.717) is 17.9 Å². The van der Waals surface area contributed by atoms with E-state index in [-0.39, 0.29) is 5.78 Å². The minimum Gasteiger partial charge on any atom is -0.360 e. The normalized spacial score (nSPS) is 12.9. The summed E-state index contributed by atoms with van der Waals surface area (Å²) in [7, 11) is 0. The largest absolute Gasteiger partial charge is 0.360 e. The number of fused-ring (bicyclic) bond motifs is 1. The van der Waals surface area contributed by atoms with E-state index in [0.717, 1.165) is 11.4 Å². The van der Waals surface area contributed by atoms with Crippen LogP contribution in [0.3, 0.4) is 0 Å². The standard InChI is InChI=1S/C10H10ClN2O/c11-4-3-10(14)7-1-2-8-9(5-7)13-6-12-8/h1-2,5-6,12-13H,3-4H2. The number of nitrogens with one attached hydrogen (secondary N) is 2. The number of anilines is 2. The number of benzene rings is 1. The molecule has 3 nitrogen and oxygen atoms in total. The molecule has 2 rings (SSSR count). The highest BCUT2D eigenvalue weighted by atomic mass is 35.5. The third kappa shape index (κ3) is 1.68. The van der Waals surface area contributed by atoms with E-state index in [4.69, 9.17) is 11.6 Å². The van der Waals surface area contributed by atoms with Crippen LogP contribution in [-0.2, 0) is 0 Å². The van der Waals surface area contributed by atoms with Gasteiger partial charge in [-0.05, 0) is 18.2 Å². The van der Waals surface area contributed by atoms with E-state index in [1.165, 1.54) is 0 Å². The second-order valence-corrected chi connectivity index (χ2v) is 3.43. The molecule has 0 saturated carbocycles. The van der Waals surface area contributed by atoms with Gasteiger partial charge in [-0.2, -0.15) is 0 Å². The summed E-state index contributed by atoms with van der Waals surface area (Å²) in [5, 5.41) is 6.04. The van der Waals surface area contributed by atoms with Crippen LogP contribution in [0.1, 0.15) is 16.8 Å². The summed E-state index contributed by atoms with van der Waals surface area (Å²) in [4.78, 5) is 11.5. The Labute approximate surface area is 87.4 Å². The van der Waals surface area contributed by atoms with Gasteiger partial charge in [-0.3, -0.25) is 4.79 Å². The molecule has 73 valence electrons. The predicted molar refractivity (Wildman–Crippen MR) is 57.7 cm³/mol. The molecule has 1 aliphatic heterocycles. The molecule has 1 radical (unpaired) electrons. The maximum absolute atomic E-state index is 11.5. The maximum atomic E-state index is 11.5. The Balaban J connectivity index is 2.24. The van der Waals surface area contributed by atoms with Gasteiger partial charge in [0.15, 0.2) is 5.78 Å². The fraction of sp³-hybridized carbons (Fsp3) is 0.200. The van der Waals surface area contributed by atoms with Gasteiger partial charge in [-0.1, -0.05) is 0 Å². The number of carbonyl (C=O) groups is 1. The summed E-state index contributed by atoms with van der Waals surface area (Å²) in [6.07, 6.45) is 0.386.